The number of aryl methyl sites for hydroxylation is 2. The van der Waals surface area contributed by atoms with Crippen molar-refractivity contribution in [2.45, 2.75) is 70.3 Å². The minimum absolute atomic E-state index is 0.0400. The summed E-state index contributed by atoms with van der Waals surface area (Å²) in [6, 6.07) is 23.6. The molecular weight excluding hydrogens is 512 g/mol. The molecule has 1 aliphatic carbocycles. The molecule has 1 N–H and O–H groups in total. The number of hydrogen-bond acceptors (Lipinski definition) is 3. The van der Waals surface area contributed by atoms with Crippen LogP contribution in [0.25, 0.3) is 0 Å². The van der Waals surface area contributed by atoms with Crippen LogP contribution in [0.4, 0.5) is 0 Å². The number of nitrogens with zero attached hydrogens (tertiary/aromatic N) is 1. The molecule has 1 fully saturated rings. The van der Waals surface area contributed by atoms with Gasteiger partial charge in [-0.3, -0.25) is 9.59 Å². The van der Waals surface area contributed by atoms with E-state index >= 15 is 0 Å². The number of amides is 2. The number of thioether (sulfide) groups is 1. The third-order valence-electron chi connectivity index (χ3n) is 6.99. The Morgan fingerprint density at radius 2 is 1.61 bits per heavy atom. The van der Waals surface area contributed by atoms with Crippen LogP contribution >= 0.6 is 23.4 Å². The van der Waals surface area contributed by atoms with E-state index < -0.39 is 6.04 Å². The zero-order valence-corrected chi connectivity index (χ0v) is 23.9. The Labute approximate surface area is 236 Å². The van der Waals surface area contributed by atoms with Gasteiger partial charge in [-0.2, -0.15) is 0 Å². The van der Waals surface area contributed by atoms with E-state index in [9.17, 15) is 9.59 Å². The van der Waals surface area contributed by atoms with Gasteiger partial charge in [0.1, 0.15) is 6.04 Å². The molecule has 0 aromatic heterocycles. The van der Waals surface area contributed by atoms with Gasteiger partial charge in [0.05, 0.1) is 5.75 Å². The molecule has 200 valence electrons. The molecule has 2 amide bonds. The van der Waals surface area contributed by atoms with Gasteiger partial charge in [-0.05, 0) is 55.5 Å². The molecular formula is C32H37ClN2O2S. The zero-order chi connectivity index (χ0) is 26.9. The molecule has 3 aromatic rings. The summed E-state index contributed by atoms with van der Waals surface area (Å²) >= 11 is 7.88. The second-order valence-corrected chi connectivity index (χ2v) is 11.8. The Morgan fingerprint density at radius 3 is 2.29 bits per heavy atom. The Hall–Kier alpha value is -2.76. The summed E-state index contributed by atoms with van der Waals surface area (Å²) in [6.07, 6.45) is 4.73. The number of hydrogen-bond donors (Lipinski definition) is 1. The van der Waals surface area contributed by atoms with Crippen LogP contribution in [0.2, 0.25) is 5.02 Å². The summed E-state index contributed by atoms with van der Waals surface area (Å²) in [5.74, 6) is 0.934. The smallest absolute Gasteiger partial charge is 0.243 e. The highest BCUT2D eigenvalue weighted by Crippen LogP contribution is 2.22. The molecule has 0 bridgehead atoms. The van der Waals surface area contributed by atoms with Crippen molar-refractivity contribution in [2.75, 3.05) is 5.75 Å². The van der Waals surface area contributed by atoms with E-state index in [4.69, 9.17) is 11.6 Å². The van der Waals surface area contributed by atoms with E-state index in [1.165, 1.54) is 16.7 Å². The normalized spacial score (nSPS) is 14.3. The topological polar surface area (TPSA) is 49.4 Å². The minimum Gasteiger partial charge on any atom is -0.352 e. The molecule has 0 heterocycles. The van der Waals surface area contributed by atoms with Gasteiger partial charge in [-0.1, -0.05) is 96.2 Å². The van der Waals surface area contributed by atoms with Gasteiger partial charge in [-0.15, -0.1) is 11.8 Å². The second-order valence-electron chi connectivity index (χ2n) is 10.3. The third-order valence-corrected chi connectivity index (χ3v) is 8.21. The number of carbonyl (C=O) groups is 2. The van der Waals surface area contributed by atoms with Crippen LogP contribution in [0, 0.1) is 13.8 Å². The SMILES string of the molecule is Cc1cc(C)cc(CSCC(=O)N(Cc2cccc(Cl)c2)[C@@H](Cc2ccccc2)C(=O)NC2CCCC2)c1. The Balaban J connectivity index is 1.56. The van der Waals surface area contributed by atoms with Crippen molar-refractivity contribution in [3.8, 4) is 0 Å². The van der Waals surface area contributed by atoms with Crippen LogP contribution in [0.15, 0.2) is 72.8 Å². The molecule has 0 radical (unpaired) electrons. The summed E-state index contributed by atoms with van der Waals surface area (Å²) in [6.45, 7) is 4.52. The van der Waals surface area contributed by atoms with Crippen molar-refractivity contribution in [1.29, 1.82) is 0 Å². The van der Waals surface area contributed by atoms with Gasteiger partial charge in [0.2, 0.25) is 11.8 Å². The van der Waals surface area contributed by atoms with E-state index in [2.05, 4.69) is 37.4 Å². The summed E-state index contributed by atoms with van der Waals surface area (Å²) in [7, 11) is 0. The van der Waals surface area contributed by atoms with Gasteiger partial charge in [0.25, 0.3) is 0 Å². The molecule has 0 saturated heterocycles. The predicted octanol–water partition coefficient (Wildman–Crippen LogP) is 6.89. The lowest BCUT2D eigenvalue weighted by atomic mass is 10.0. The zero-order valence-electron chi connectivity index (χ0n) is 22.3. The number of carbonyl (C=O) groups excluding carboxylic acids is 2. The largest absolute Gasteiger partial charge is 0.352 e. The lowest BCUT2D eigenvalue weighted by Gasteiger charge is -2.32. The van der Waals surface area contributed by atoms with E-state index in [1.807, 2.05) is 54.6 Å². The monoisotopic (exact) mass is 548 g/mol. The van der Waals surface area contributed by atoms with E-state index in [0.29, 0.717) is 23.7 Å². The number of halogens is 1. The van der Waals surface area contributed by atoms with Gasteiger partial charge >= 0.3 is 0 Å². The fraction of sp³-hybridized carbons (Fsp3) is 0.375. The Kier molecular flexibility index (Phi) is 10.3. The Morgan fingerprint density at radius 1 is 0.921 bits per heavy atom. The van der Waals surface area contributed by atoms with Crippen molar-refractivity contribution < 1.29 is 9.59 Å². The van der Waals surface area contributed by atoms with Gasteiger partial charge in [0.15, 0.2) is 0 Å². The van der Waals surface area contributed by atoms with Crippen LogP contribution in [0.5, 0.6) is 0 Å². The predicted molar refractivity (Wildman–Crippen MR) is 158 cm³/mol. The molecule has 1 atom stereocenters. The first-order valence-electron chi connectivity index (χ1n) is 13.4. The molecule has 0 aliphatic heterocycles. The molecule has 38 heavy (non-hydrogen) atoms. The van der Waals surface area contributed by atoms with Crippen molar-refractivity contribution in [1.82, 2.24) is 10.2 Å². The molecule has 1 saturated carbocycles. The minimum atomic E-state index is -0.605. The maximum Gasteiger partial charge on any atom is 0.243 e. The van der Waals surface area contributed by atoms with Crippen LogP contribution in [-0.4, -0.2) is 34.6 Å². The summed E-state index contributed by atoms with van der Waals surface area (Å²) in [5.41, 5.74) is 5.60. The van der Waals surface area contributed by atoms with Crippen molar-refractivity contribution in [3.63, 3.8) is 0 Å². The molecule has 4 nitrogen and oxygen atoms in total. The molecule has 4 rings (SSSR count). The molecule has 0 unspecified atom stereocenters. The number of rotatable bonds is 11. The van der Waals surface area contributed by atoms with Crippen LogP contribution in [-0.2, 0) is 28.3 Å². The average Bonchev–Trinajstić information content (AvgIpc) is 3.39. The lowest BCUT2D eigenvalue weighted by molar-refractivity contribution is -0.139. The molecule has 6 heteroatoms. The maximum atomic E-state index is 13.8. The fourth-order valence-corrected chi connectivity index (χ4v) is 6.30. The Bertz CT molecular complexity index is 1210. The summed E-state index contributed by atoms with van der Waals surface area (Å²) < 4.78 is 0. The van der Waals surface area contributed by atoms with E-state index in [1.54, 1.807) is 16.7 Å². The first-order valence-corrected chi connectivity index (χ1v) is 14.9. The molecule has 3 aromatic carbocycles. The highest BCUT2D eigenvalue weighted by atomic mass is 35.5. The van der Waals surface area contributed by atoms with Crippen molar-refractivity contribution >= 4 is 35.2 Å². The van der Waals surface area contributed by atoms with Crippen LogP contribution in [0.3, 0.4) is 0 Å². The molecule has 1 aliphatic rings. The first kappa shape index (κ1) is 28.3. The first-order chi connectivity index (χ1) is 18.4. The van der Waals surface area contributed by atoms with E-state index in [0.717, 1.165) is 42.6 Å². The van der Waals surface area contributed by atoms with Gasteiger partial charge in [0, 0.05) is 29.8 Å². The fourth-order valence-electron chi connectivity index (χ4n) is 5.24. The second kappa shape index (κ2) is 13.9. The third kappa shape index (κ3) is 8.37. The van der Waals surface area contributed by atoms with Crippen molar-refractivity contribution in [2.24, 2.45) is 0 Å². The van der Waals surface area contributed by atoms with Gasteiger partial charge in [-0.25, -0.2) is 0 Å². The standard InChI is InChI=1S/C32H37ClN2O2S/c1-23-15-24(2)17-27(16-23)21-38-22-31(36)35(20-26-11-8-12-28(33)18-26)30(19-25-9-4-3-5-10-25)32(37)34-29-13-6-7-14-29/h3-5,8-12,15-18,29-30H,6-7,13-14,19-22H2,1-2H3,(H,34,37)/t30-/m0/s1. The number of nitrogens with one attached hydrogen (secondary N) is 1. The molecule has 0 spiro atoms. The van der Waals surface area contributed by atoms with Crippen LogP contribution in [0.1, 0.15) is 53.5 Å². The highest BCUT2D eigenvalue weighted by molar-refractivity contribution is 7.99. The van der Waals surface area contributed by atoms with Crippen molar-refractivity contribution in [3.05, 3.63) is 106 Å². The van der Waals surface area contributed by atoms with E-state index in [-0.39, 0.29) is 17.9 Å². The summed E-state index contributed by atoms with van der Waals surface area (Å²) in [4.78, 5) is 29.3. The summed E-state index contributed by atoms with van der Waals surface area (Å²) in [5, 5.41) is 3.88. The maximum absolute atomic E-state index is 13.8. The highest BCUT2D eigenvalue weighted by Gasteiger charge is 2.32. The lowest BCUT2D eigenvalue weighted by Crippen LogP contribution is -2.52. The van der Waals surface area contributed by atoms with Crippen LogP contribution < -0.4 is 5.32 Å². The van der Waals surface area contributed by atoms with Gasteiger partial charge < -0.3 is 10.2 Å². The average molecular weight is 549 g/mol. The quantitative estimate of drug-likeness (QED) is 0.284. The number of benzene rings is 3.